The molecule has 0 saturated heterocycles. The SMILES string of the molecule is CCCCCCCC/C=C\CCCCCCCC(=O)OCC(CO)OP(=O)(O)OC1C(O)C(O)C(O)C(O)C1O. The summed E-state index contributed by atoms with van der Waals surface area (Å²) in [6.07, 6.45) is 6.01. The highest BCUT2D eigenvalue weighted by molar-refractivity contribution is 7.47. The molecule has 0 aromatic rings. The molecule has 0 spiro atoms. The second-order valence-electron chi connectivity index (χ2n) is 10.4. The molecule has 6 atom stereocenters. The fourth-order valence-electron chi connectivity index (χ4n) is 4.40. The number of unbranched alkanes of at least 4 members (excludes halogenated alkanes) is 11. The molecule has 0 bridgehead atoms. The van der Waals surface area contributed by atoms with Crippen LogP contribution in [0.4, 0.5) is 0 Å². The van der Waals surface area contributed by atoms with Gasteiger partial charge in [-0.25, -0.2) is 4.57 Å². The summed E-state index contributed by atoms with van der Waals surface area (Å²) in [6.45, 7) is 0.864. The molecule has 0 aromatic carbocycles. The molecule has 0 amide bonds. The van der Waals surface area contributed by atoms with Crippen LogP contribution >= 0.6 is 7.82 Å². The monoisotopic (exact) mass is 598 g/mol. The zero-order valence-electron chi connectivity index (χ0n) is 23.6. The minimum absolute atomic E-state index is 0.141. The maximum atomic E-state index is 12.3. The van der Waals surface area contributed by atoms with Crippen LogP contribution in [0.3, 0.4) is 0 Å². The molecular formula is C27H51O12P. The lowest BCUT2D eigenvalue weighted by molar-refractivity contribution is -0.220. The van der Waals surface area contributed by atoms with Gasteiger partial charge in [0.2, 0.25) is 0 Å². The fraction of sp³-hybridized carbons (Fsp3) is 0.889. The van der Waals surface area contributed by atoms with Gasteiger partial charge in [0, 0.05) is 6.42 Å². The Hall–Kier alpha value is -0.920. The van der Waals surface area contributed by atoms with Gasteiger partial charge in [0.1, 0.15) is 49.3 Å². The minimum atomic E-state index is -5.07. The Kier molecular flexibility index (Phi) is 19.4. The van der Waals surface area contributed by atoms with E-state index in [0.717, 1.165) is 38.5 Å². The molecule has 0 heterocycles. The normalized spacial score (nSPS) is 27.5. The maximum Gasteiger partial charge on any atom is 0.473 e. The van der Waals surface area contributed by atoms with Gasteiger partial charge in [0.15, 0.2) is 0 Å². The van der Waals surface area contributed by atoms with Crippen LogP contribution < -0.4 is 0 Å². The van der Waals surface area contributed by atoms with Crippen molar-refractivity contribution in [2.75, 3.05) is 13.2 Å². The summed E-state index contributed by atoms with van der Waals surface area (Å²) in [4.78, 5) is 22.0. The van der Waals surface area contributed by atoms with Gasteiger partial charge in [-0.05, 0) is 32.1 Å². The van der Waals surface area contributed by atoms with E-state index in [2.05, 4.69) is 19.1 Å². The van der Waals surface area contributed by atoms with Crippen LogP contribution in [-0.4, -0.2) is 97.4 Å². The van der Waals surface area contributed by atoms with E-state index in [1.54, 1.807) is 0 Å². The van der Waals surface area contributed by atoms with Crippen molar-refractivity contribution >= 4 is 13.8 Å². The van der Waals surface area contributed by atoms with Gasteiger partial charge < -0.3 is 40.3 Å². The third-order valence-corrected chi connectivity index (χ3v) is 7.96. The number of aliphatic hydroxyl groups excluding tert-OH is 6. The molecule has 40 heavy (non-hydrogen) atoms. The second kappa shape index (κ2) is 20.9. The fourth-order valence-corrected chi connectivity index (χ4v) is 5.51. The van der Waals surface area contributed by atoms with Crippen molar-refractivity contribution in [1.82, 2.24) is 0 Å². The van der Waals surface area contributed by atoms with Crippen molar-refractivity contribution in [3.63, 3.8) is 0 Å². The molecule has 6 unspecified atom stereocenters. The molecule has 1 rings (SSSR count). The minimum Gasteiger partial charge on any atom is -0.463 e. The Labute approximate surface area is 237 Å². The summed E-state index contributed by atoms with van der Waals surface area (Å²) >= 11 is 0. The van der Waals surface area contributed by atoms with Crippen LogP contribution in [0.25, 0.3) is 0 Å². The first-order chi connectivity index (χ1) is 19.0. The number of carbonyl (C=O) groups excluding carboxylic acids is 1. The Morgan fingerprint density at radius 2 is 1.25 bits per heavy atom. The Bertz CT molecular complexity index is 735. The highest BCUT2D eigenvalue weighted by Gasteiger charge is 2.51. The Balaban J connectivity index is 2.19. The number of ether oxygens (including phenoxy) is 1. The molecule has 7 N–H and O–H groups in total. The zero-order chi connectivity index (χ0) is 30.0. The van der Waals surface area contributed by atoms with Gasteiger partial charge in [-0.1, -0.05) is 70.4 Å². The largest absolute Gasteiger partial charge is 0.473 e. The predicted molar refractivity (Wildman–Crippen MR) is 147 cm³/mol. The number of hydrogen-bond donors (Lipinski definition) is 7. The third kappa shape index (κ3) is 14.8. The predicted octanol–water partition coefficient (Wildman–Crippen LogP) is 2.25. The quantitative estimate of drug-likeness (QED) is 0.0415. The molecule has 1 fully saturated rings. The summed E-state index contributed by atoms with van der Waals surface area (Å²) < 4.78 is 26.8. The van der Waals surface area contributed by atoms with Crippen LogP contribution in [-0.2, 0) is 23.1 Å². The summed E-state index contributed by atoms with van der Waals surface area (Å²) in [7, 11) is -5.07. The van der Waals surface area contributed by atoms with Gasteiger partial charge in [-0.15, -0.1) is 0 Å². The number of phosphoric ester groups is 1. The van der Waals surface area contributed by atoms with Crippen LogP contribution in [0.2, 0.25) is 0 Å². The van der Waals surface area contributed by atoms with Gasteiger partial charge in [0.05, 0.1) is 6.61 Å². The summed E-state index contributed by atoms with van der Waals surface area (Å²) in [5, 5.41) is 58.3. The summed E-state index contributed by atoms with van der Waals surface area (Å²) in [5.74, 6) is -0.563. The molecule has 1 saturated carbocycles. The standard InChI is InChI=1S/C27H51O12P/c1-2-3-4-5-6-7-8-9-10-11-12-13-14-15-16-17-21(29)37-19-20(18-28)38-40(35,36)39-27-25(33)23(31)22(30)24(32)26(27)34/h9-10,20,22-28,30-34H,2-8,11-19H2,1H3,(H,35,36)/b10-9-. The average Bonchev–Trinajstić information content (AvgIpc) is 2.93. The number of esters is 1. The van der Waals surface area contributed by atoms with Crippen LogP contribution in [0.15, 0.2) is 12.2 Å². The second-order valence-corrected chi connectivity index (χ2v) is 11.8. The van der Waals surface area contributed by atoms with E-state index in [4.69, 9.17) is 13.8 Å². The summed E-state index contributed by atoms with van der Waals surface area (Å²) in [6, 6.07) is 0. The third-order valence-electron chi connectivity index (χ3n) is 6.89. The smallest absolute Gasteiger partial charge is 0.463 e. The summed E-state index contributed by atoms with van der Waals surface area (Å²) in [5.41, 5.74) is 0. The first-order valence-electron chi connectivity index (χ1n) is 14.6. The molecule has 12 nitrogen and oxygen atoms in total. The van der Waals surface area contributed by atoms with Crippen molar-refractivity contribution in [1.29, 1.82) is 0 Å². The average molecular weight is 599 g/mol. The van der Waals surface area contributed by atoms with Gasteiger partial charge in [-0.3, -0.25) is 13.8 Å². The van der Waals surface area contributed by atoms with Gasteiger partial charge in [0.25, 0.3) is 0 Å². The lowest BCUT2D eigenvalue weighted by Gasteiger charge is -2.41. The molecule has 1 aliphatic rings. The number of aliphatic hydroxyl groups is 6. The van der Waals surface area contributed by atoms with Gasteiger partial charge in [-0.2, -0.15) is 0 Å². The van der Waals surface area contributed by atoms with Gasteiger partial charge >= 0.3 is 13.8 Å². The maximum absolute atomic E-state index is 12.3. The number of carbonyl (C=O) groups is 1. The number of hydrogen-bond acceptors (Lipinski definition) is 11. The van der Waals surface area contributed by atoms with Crippen molar-refractivity contribution in [3.8, 4) is 0 Å². The van der Waals surface area contributed by atoms with E-state index in [1.165, 1.54) is 38.5 Å². The number of allylic oxidation sites excluding steroid dienone is 2. The van der Waals surface area contributed by atoms with Crippen molar-refractivity contribution < 1.29 is 58.7 Å². The van der Waals surface area contributed by atoms with Crippen molar-refractivity contribution in [2.45, 2.75) is 140 Å². The van der Waals surface area contributed by atoms with Crippen LogP contribution in [0, 0.1) is 0 Å². The van der Waals surface area contributed by atoms with Crippen LogP contribution in [0.1, 0.15) is 96.8 Å². The molecular weight excluding hydrogens is 547 g/mol. The zero-order valence-corrected chi connectivity index (χ0v) is 24.5. The van der Waals surface area contributed by atoms with Crippen LogP contribution in [0.5, 0.6) is 0 Å². The number of rotatable bonds is 22. The highest BCUT2D eigenvalue weighted by Crippen LogP contribution is 2.48. The highest BCUT2D eigenvalue weighted by atomic mass is 31.2. The van der Waals surface area contributed by atoms with Crippen molar-refractivity contribution in [2.24, 2.45) is 0 Å². The first-order valence-corrected chi connectivity index (χ1v) is 16.0. The van der Waals surface area contributed by atoms with E-state index >= 15 is 0 Å². The van der Waals surface area contributed by atoms with E-state index in [-0.39, 0.29) is 6.42 Å². The van der Waals surface area contributed by atoms with E-state index < -0.39 is 69.7 Å². The first kappa shape index (κ1) is 37.1. The van der Waals surface area contributed by atoms with E-state index in [9.17, 15) is 44.9 Å². The molecule has 0 aromatic heterocycles. The molecule has 0 aliphatic heterocycles. The lowest BCUT2D eigenvalue weighted by atomic mass is 9.85. The Morgan fingerprint density at radius 1 is 0.775 bits per heavy atom. The lowest BCUT2D eigenvalue weighted by Crippen LogP contribution is -2.64. The number of phosphoric acid groups is 1. The molecule has 236 valence electrons. The molecule has 13 heteroatoms. The topological polar surface area (TPSA) is 203 Å². The van der Waals surface area contributed by atoms with Crippen molar-refractivity contribution in [3.05, 3.63) is 12.2 Å². The molecule has 0 radical (unpaired) electrons. The van der Waals surface area contributed by atoms with E-state index in [0.29, 0.717) is 6.42 Å². The molecule has 1 aliphatic carbocycles. The van der Waals surface area contributed by atoms with E-state index in [1.807, 2.05) is 0 Å². The Morgan fingerprint density at radius 3 is 1.77 bits per heavy atom.